The first-order valence-electron chi connectivity index (χ1n) is 11.7. The SMILES string of the molecule is COc1ccc(-c2cn(-c3ccccc3)nc2C(=O)NC(C)c2ccc(-n3cncn3)cc2)cc1OC. The first-order valence-corrected chi connectivity index (χ1v) is 11.7. The molecule has 0 fully saturated rings. The van der Waals surface area contributed by atoms with Crippen LogP contribution < -0.4 is 14.8 Å². The number of rotatable bonds is 8. The van der Waals surface area contributed by atoms with Crippen LogP contribution in [0.25, 0.3) is 22.5 Å². The molecule has 2 aromatic heterocycles. The molecule has 0 saturated heterocycles. The summed E-state index contributed by atoms with van der Waals surface area (Å²) in [5, 5.41) is 11.9. The molecule has 186 valence electrons. The molecule has 0 radical (unpaired) electrons. The van der Waals surface area contributed by atoms with Crippen LogP contribution in [0, 0.1) is 0 Å². The van der Waals surface area contributed by atoms with Crippen LogP contribution in [0.4, 0.5) is 0 Å². The Labute approximate surface area is 214 Å². The zero-order valence-electron chi connectivity index (χ0n) is 20.7. The summed E-state index contributed by atoms with van der Waals surface area (Å²) in [5.41, 5.74) is 4.46. The fourth-order valence-electron chi connectivity index (χ4n) is 4.08. The second-order valence-corrected chi connectivity index (χ2v) is 8.37. The Morgan fingerprint density at radius 1 is 0.892 bits per heavy atom. The first kappa shape index (κ1) is 23.8. The van der Waals surface area contributed by atoms with Gasteiger partial charge in [-0.05, 0) is 54.4 Å². The van der Waals surface area contributed by atoms with Gasteiger partial charge in [0.1, 0.15) is 12.7 Å². The predicted molar refractivity (Wildman–Crippen MR) is 139 cm³/mol. The Morgan fingerprint density at radius 3 is 2.30 bits per heavy atom. The molecule has 1 amide bonds. The molecule has 0 saturated carbocycles. The summed E-state index contributed by atoms with van der Waals surface area (Å²) < 4.78 is 14.3. The van der Waals surface area contributed by atoms with Crippen LogP contribution in [0.5, 0.6) is 11.5 Å². The minimum Gasteiger partial charge on any atom is -0.493 e. The van der Waals surface area contributed by atoms with E-state index in [-0.39, 0.29) is 11.9 Å². The van der Waals surface area contributed by atoms with Crippen molar-refractivity contribution in [3.8, 4) is 34.0 Å². The van der Waals surface area contributed by atoms with Gasteiger partial charge in [0.15, 0.2) is 17.2 Å². The second kappa shape index (κ2) is 10.4. The van der Waals surface area contributed by atoms with Crippen LogP contribution in [0.3, 0.4) is 0 Å². The summed E-state index contributed by atoms with van der Waals surface area (Å²) in [5.74, 6) is 0.891. The van der Waals surface area contributed by atoms with E-state index in [1.54, 1.807) is 29.9 Å². The van der Waals surface area contributed by atoms with Crippen molar-refractivity contribution in [3.63, 3.8) is 0 Å². The number of aromatic nitrogens is 5. The molecule has 2 heterocycles. The molecule has 1 unspecified atom stereocenters. The molecule has 1 atom stereocenters. The number of hydrogen-bond donors (Lipinski definition) is 1. The largest absolute Gasteiger partial charge is 0.493 e. The van der Waals surface area contributed by atoms with Gasteiger partial charge in [0.25, 0.3) is 5.91 Å². The molecule has 9 nitrogen and oxygen atoms in total. The van der Waals surface area contributed by atoms with E-state index in [0.717, 1.165) is 22.5 Å². The molecule has 1 N–H and O–H groups in total. The number of nitrogens with zero attached hydrogens (tertiary/aromatic N) is 5. The number of amides is 1. The van der Waals surface area contributed by atoms with Gasteiger partial charge in [0.05, 0.1) is 31.6 Å². The van der Waals surface area contributed by atoms with Gasteiger partial charge in [-0.15, -0.1) is 0 Å². The van der Waals surface area contributed by atoms with E-state index in [1.807, 2.05) is 85.9 Å². The number of carbonyl (C=O) groups excluding carboxylic acids is 1. The number of nitrogens with one attached hydrogen (secondary N) is 1. The third kappa shape index (κ3) is 4.92. The van der Waals surface area contributed by atoms with Crippen molar-refractivity contribution >= 4 is 5.91 Å². The molecule has 9 heteroatoms. The van der Waals surface area contributed by atoms with Crippen molar-refractivity contribution in [2.45, 2.75) is 13.0 Å². The maximum absolute atomic E-state index is 13.5. The molecular formula is C28H26N6O3. The maximum atomic E-state index is 13.5. The summed E-state index contributed by atoms with van der Waals surface area (Å²) in [7, 11) is 3.17. The van der Waals surface area contributed by atoms with E-state index in [1.165, 1.54) is 6.33 Å². The average molecular weight is 495 g/mol. The predicted octanol–water partition coefficient (Wildman–Crippen LogP) is 4.63. The molecule has 0 spiro atoms. The van der Waals surface area contributed by atoms with Gasteiger partial charge >= 0.3 is 0 Å². The average Bonchev–Trinajstić information content (AvgIpc) is 3.64. The number of benzene rings is 3. The van der Waals surface area contributed by atoms with Crippen molar-refractivity contribution in [2.24, 2.45) is 0 Å². The molecular weight excluding hydrogens is 468 g/mol. The highest BCUT2D eigenvalue weighted by Gasteiger charge is 2.22. The zero-order valence-corrected chi connectivity index (χ0v) is 20.7. The Kier molecular flexibility index (Phi) is 6.67. The van der Waals surface area contributed by atoms with Gasteiger partial charge in [-0.2, -0.15) is 10.2 Å². The minimum atomic E-state index is -0.285. The normalized spacial score (nSPS) is 11.6. The highest BCUT2D eigenvalue weighted by molar-refractivity contribution is 5.99. The standard InChI is InChI=1S/C28H26N6O3/c1-19(20-9-12-23(13-10-20)34-18-29-17-30-34)31-28(35)27-24(16-33(32-27)22-7-5-4-6-8-22)21-11-14-25(36-2)26(15-21)37-3/h4-19H,1-3H3,(H,31,35). The van der Waals surface area contributed by atoms with E-state index < -0.39 is 0 Å². The highest BCUT2D eigenvalue weighted by atomic mass is 16.5. The monoisotopic (exact) mass is 494 g/mol. The van der Waals surface area contributed by atoms with Crippen molar-refractivity contribution in [3.05, 3.63) is 103 Å². The van der Waals surface area contributed by atoms with Gasteiger partial charge in [-0.25, -0.2) is 14.3 Å². The maximum Gasteiger partial charge on any atom is 0.272 e. The van der Waals surface area contributed by atoms with Gasteiger partial charge in [-0.1, -0.05) is 36.4 Å². The molecule has 0 aliphatic rings. The third-order valence-corrected chi connectivity index (χ3v) is 6.07. The van der Waals surface area contributed by atoms with Crippen molar-refractivity contribution in [1.29, 1.82) is 0 Å². The minimum absolute atomic E-state index is 0.252. The summed E-state index contributed by atoms with van der Waals surface area (Å²) >= 11 is 0. The van der Waals surface area contributed by atoms with Crippen molar-refractivity contribution < 1.29 is 14.3 Å². The lowest BCUT2D eigenvalue weighted by atomic mass is 10.0. The number of methoxy groups -OCH3 is 2. The van der Waals surface area contributed by atoms with Crippen LogP contribution in [-0.4, -0.2) is 44.7 Å². The van der Waals surface area contributed by atoms with Crippen molar-refractivity contribution in [2.75, 3.05) is 14.2 Å². The Morgan fingerprint density at radius 2 is 1.62 bits per heavy atom. The second-order valence-electron chi connectivity index (χ2n) is 8.37. The smallest absolute Gasteiger partial charge is 0.272 e. The summed E-state index contributed by atoms with van der Waals surface area (Å²) in [4.78, 5) is 17.5. The quantitative estimate of drug-likeness (QED) is 0.338. The van der Waals surface area contributed by atoms with Crippen LogP contribution in [0.15, 0.2) is 91.6 Å². The van der Waals surface area contributed by atoms with Crippen molar-refractivity contribution in [1.82, 2.24) is 29.9 Å². The van der Waals surface area contributed by atoms with E-state index in [9.17, 15) is 4.79 Å². The van der Waals surface area contributed by atoms with Crippen LogP contribution in [0.1, 0.15) is 29.0 Å². The summed E-state index contributed by atoms with van der Waals surface area (Å²) in [6, 6.07) is 22.7. The lowest BCUT2D eigenvalue weighted by molar-refractivity contribution is 0.0935. The third-order valence-electron chi connectivity index (χ3n) is 6.07. The lowest BCUT2D eigenvalue weighted by Crippen LogP contribution is -2.27. The molecule has 5 rings (SSSR count). The fraction of sp³-hybridized carbons (Fsp3) is 0.143. The van der Waals surface area contributed by atoms with Gasteiger partial charge in [0.2, 0.25) is 0 Å². The van der Waals surface area contributed by atoms with Gasteiger partial charge in [-0.3, -0.25) is 4.79 Å². The zero-order chi connectivity index (χ0) is 25.8. The Balaban J connectivity index is 1.46. The van der Waals surface area contributed by atoms with Crippen LogP contribution >= 0.6 is 0 Å². The Bertz CT molecular complexity index is 1500. The van der Waals surface area contributed by atoms with E-state index in [2.05, 4.69) is 20.5 Å². The molecule has 0 aliphatic heterocycles. The molecule has 37 heavy (non-hydrogen) atoms. The number of ether oxygens (including phenoxy) is 2. The van der Waals surface area contributed by atoms with Crippen LogP contribution in [-0.2, 0) is 0 Å². The number of carbonyl (C=O) groups is 1. The van der Waals surface area contributed by atoms with Crippen LogP contribution in [0.2, 0.25) is 0 Å². The topological polar surface area (TPSA) is 96.1 Å². The number of para-hydroxylation sites is 1. The highest BCUT2D eigenvalue weighted by Crippen LogP contribution is 2.34. The molecule has 0 bridgehead atoms. The van der Waals surface area contributed by atoms with Gasteiger partial charge < -0.3 is 14.8 Å². The van der Waals surface area contributed by atoms with Gasteiger partial charge in [0, 0.05) is 11.8 Å². The van der Waals surface area contributed by atoms with E-state index in [4.69, 9.17) is 9.47 Å². The fourth-order valence-corrected chi connectivity index (χ4v) is 4.08. The first-order chi connectivity index (χ1) is 18.1. The Hall–Kier alpha value is -4.92. The number of hydrogen-bond acceptors (Lipinski definition) is 6. The summed E-state index contributed by atoms with van der Waals surface area (Å²) in [6.07, 6.45) is 4.98. The van der Waals surface area contributed by atoms with E-state index >= 15 is 0 Å². The van der Waals surface area contributed by atoms with E-state index in [0.29, 0.717) is 22.8 Å². The molecule has 0 aliphatic carbocycles. The molecule has 3 aromatic carbocycles. The molecule has 5 aromatic rings. The lowest BCUT2D eigenvalue weighted by Gasteiger charge is -2.15. The summed E-state index contributed by atoms with van der Waals surface area (Å²) in [6.45, 7) is 1.94.